The van der Waals surface area contributed by atoms with Crippen LogP contribution >= 0.6 is 0 Å². The van der Waals surface area contributed by atoms with Crippen LogP contribution in [-0.2, 0) is 23.2 Å². The number of amides is 2. The third-order valence-electron chi connectivity index (χ3n) is 10.5. The summed E-state index contributed by atoms with van der Waals surface area (Å²) in [7, 11) is 3.96. The number of hydrogen-bond donors (Lipinski definition) is 2. The topological polar surface area (TPSA) is 123 Å². The van der Waals surface area contributed by atoms with E-state index in [1.54, 1.807) is 27.1 Å². The first-order valence-corrected chi connectivity index (χ1v) is 16.6. The van der Waals surface area contributed by atoms with Gasteiger partial charge in [0.1, 0.15) is 6.04 Å². The number of aromatic nitrogens is 4. The molecule has 1 aromatic carbocycles. The summed E-state index contributed by atoms with van der Waals surface area (Å²) in [6.07, 6.45) is 6.91. The van der Waals surface area contributed by atoms with E-state index in [0.717, 1.165) is 87.8 Å². The predicted octanol–water partition coefficient (Wildman–Crippen LogP) is 4.00. The van der Waals surface area contributed by atoms with Gasteiger partial charge < -0.3 is 10.6 Å². The third-order valence-corrected chi connectivity index (χ3v) is 10.5. The van der Waals surface area contributed by atoms with Gasteiger partial charge in [-0.25, -0.2) is 13.6 Å². The highest BCUT2D eigenvalue weighted by atomic mass is 19.3. The van der Waals surface area contributed by atoms with Gasteiger partial charge in [-0.3, -0.25) is 33.6 Å². The lowest BCUT2D eigenvalue weighted by Crippen LogP contribution is -2.44. The zero-order valence-corrected chi connectivity index (χ0v) is 26.8. The van der Waals surface area contributed by atoms with Crippen molar-refractivity contribution in [2.24, 2.45) is 18.9 Å². The van der Waals surface area contributed by atoms with Gasteiger partial charge >= 0.3 is 5.69 Å². The second-order valence-corrected chi connectivity index (χ2v) is 13.7. The minimum atomic E-state index is -2.64. The van der Waals surface area contributed by atoms with Crippen LogP contribution in [0.25, 0.3) is 11.0 Å². The third kappa shape index (κ3) is 6.76. The van der Waals surface area contributed by atoms with Gasteiger partial charge in [-0.15, -0.1) is 0 Å². The maximum atomic E-state index is 13.3. The summed E-state index contributed by atoms with van der Waals surface area (Å²) < 4.78 is 31.0. The molecule has 250 valence electrons. The van der Waals surface area contributed by atoms with Crippen LogP contribution in [0.2, 0.25) is 0 Å². The molecule has 1 saturated carbocycles. The number of likely N-dealkylation sites (tertiary alicyclic amines) is 1. The Morgan fingerprint density at radius 1 is 1.04 bits per heavy atom. The minimum absolute atomic E-state index is 0.0775. The van der Waals surface area contributed by atoms with Gasteiger partial charge in [0.25, 0.3) is 6.43 Å². The number of carbonyl (C=O) groups is 2. The number of carbonyl (C=O) groups excluding carboxylic acids is 2. The number of alkyl halides is 2. The summed E-state index contributed by atoms with van der Waals surface area (Å²) >= 11 is 0. The number of para-hydroxylation sites is 1. The largest absolute Gasteiger partial charge is 0.396 e. The number of rotatable bonds is 10. The van der Waals surface area contributed by atoms with Crippen molar-refractivity contribution < 1.29 is 18.4 Å². The monoisotopic (exact) mass is 640 g/mol. The van der Waals surface area contributed by atoms with Crippen molar-refractivity contribution in [3.63, 3.8) is 0 Å². The number of imide groups is 1. The number of piperidine rings is 2. The van der Waals surface area contributed by atoms with Crippen molar-refractivity contribution in [1.82, 2.24) is 34.0 Å². The summed E-state index contributed by atoms with van der Waals surface area (Å²) in [4.78, 5) is 42.4. The molecule has 2 amide bonds. The van der Waals surface area contributed by atoms with Crippen LogP contribution in [0.5, 0.6) is 0 Å². The van der Waals surface area contributed by atoms with Crippen molar-refractivity contribution >= 4 is 28.5 Å². The van der Waals surface area contributed by atoms with E-state index in [2.05, 4.69) is 33.3 Å². The number of nitrogens with two attached hydrogens (primary N) is 1. The average Bonchev–Trinajstić information content (AvgIpc) is 3.55. The zero-order valence-electron chi connectivity index (χ0n) is 26.8. The Balaban J connectivity index is 0.964. The average molecular weight is 641 g/mol. The fourth-order valence-corrected chi connectivity index (χ4v) is 7.85. The molecule has 3 N–H and O–H groups in total. The molecule has 2 aromatic heterocycles. The summed E-state index contributed by atoms with van der Waals surface area (Å²) in [6, 6.07) is 5.36. The molecule has 3 aliphatic rings. The van der Waals surface area contributed by atoms with E-state index in [0.29, 0.717) is 18.3 Å². The van der Waals surface area contributed by atoms with E-state index in [9.17, 15) is 23.2 Å². The number of hydrogen-bond acceptors (Lipinski definition) is 7. The number of imidazole rings is 1. The molecule has 6 rings (SSSR count). The lowest BCUT2D eigenvalue weighted by atomic mass is 9.85. The number of fused-ring (bicyclic) bond motifs is 1. The normalized spacial score (nSPS) is 23.6. The number of benzene rings is 1. The highest BCUT2D eigenvalue weighted by molar-refractivity contribution is 6.00. The number of aryl methyl sites for hydroxylation is 1. The second-order valence-electron chi connectivity index (χ2n) is 13.7. The molecule has 1 atom stereocenters. The van der Waals surface area contributed by atoms with Crippen LogP contribution in [0.1, 0.15) is 87.6 Å². The first-order chi connectivity index (χ1) is 22.1. The Hall–Kier alpha value is -3.58. The molecular formula is C33H46F2N8O3. The van der Waals surface area contributed by atoms with Crippen LogP contribution in [0.3, 0.4) is 0 Å². The van der Waals surface area contributed by atoms with E-state index < -0.39 is 18.4 Å². The maximum absolute atomic E-state index is 13.3. The van der Waals surface area contributed by atoms with E-state index in [4.69, 9.17) is 5.73 Å². The summed E-state index contributed by atoms with van der Waals surface area (Å²) in [6.45, 7) is 4.86. The Bertz CT molecular complexity index is 1610. The Labute approximate surface area is 267 Å². The molecule has 46 heavy (non-hydrogen) atoms. The van der Waals surface area contributed by atoms with Gasteiger partial charge in [0.05, 0.1) is 22.8 Å². The van der Waals surface area contributed by atoms with Crippen molar-refractivity contribution in [2.45, 2.75) is 82.8 Å². The lowest BCUT2D eigenvalue weighted by molar-refractivity contribution is -0.135. The molecule has 3 aromatic rings. The van der Waals surface area contributed by atoms with Crippen LogP contribution in [0.15, 0.2) is 29.2 Å². The van der Waals surface area contributed by atoms with Gasteiger partial charge in [0.15, 0.2) is 5.69 Å². The van der Waals surface area contributed by atoms with E-state index in [-0.39, 0.29) is 35.4 Å². The highest BCUT2D eigenvalue weighted by Gasteiger charge is 2.32. The number of nitrogen functional groups attached to an aromatic ring is 1. The first-order valence-electron chi connectivity index (χ1n) is 16.6. The number of nitrogens with zero attached hydrogens (tertiary/aromatic N) is 6. The fraction of sp³-hybridized carbons (Fsp3) is 0.636. The van der Waals surface area contributed by atoms with Crippen LogP contribution < -0.4 is 16.7 Å². The molecule has 0 radical (unpaired) electrons. The summed E-state index contributed by atoms with van der Waals surface area (Å²) in [5.74, 6) is 0.573. The van der Waals surface area contributed by atoms with E-state index in [1.165, 1.54) is 6.42 Å². The summed E-state index contributed by atoms with van der Waals surface area (Å²) in [5.41, 5.74) is 7.92. The Kier molecular flexibility index (Phi) is 9.60. The van der Waals surface area contributed by atoms with Crippen LogP contribution in [-0.4, -0.2) is 73.8 Å². The van der Waals surface area contributed by atoms with Gasteiger partial charge in [0.2, 0.25) is 11.8 Å². The van der Waals surface area contributed by atoms with E-state index in [1.807, 2.05) is 12.1 Å². The van der Waals surface area contributed by atoms with E-state index >= 15 is 0 Å². The molecule has 0 bridgehead atoms. The lowest BCUT2D eigenvalue weighted by Gasteiger charge is -2.34. The van der Waals surface area contributed by atoms with Crippen molar-refractivity contribution in [1.29, 1.82) is 0 Å². The van der Waals surface area contributed by atoms with Crippen molar-refractivity contribution in [3.8, 4) is 0 Å². The number of halogens is 2. The quantitative estimate of drug-likeness (QED) is 0.321. The van der Waals surface area contributed by atoms with Gasteiger partial charge in [0, 0.05) is 32.8 Å². The minimum Gasteiger partial charge on any atom is -0.396 e. The highest BCUT2D eigenvalue weighted by Crippen LogP contribution is 2.34. The SMILES string of the molecule is CN(CCC1CCN(Cc2cccc3c2n(C)c(=O)n3C2CCC(=O)NC2=O)CC1)C[C@H]1CC[C@H](n2cc(N)c(C(F)F)n2)CC1. The molecule has 11 nitrogen and oxygen atoms in total. The van der Waals surface area contributed by atoms with Gasteiger partial charge in [-0.2, -0.15) is 5.10 Å². The zero-order chi connectivity index (χ0) is 32.5. The molecular weight excluding hydrogens is 594 g/mol. The van der Waals surface area contributed by atoms with Crippen LogP contribution in [0, 0.1) is 11.8 Å². The van der Waals surface area contributed by atoms with Gasteiger partial charge in [-0.05, 0) is 102 Å². The Morgan fingerprint density at radius 2 is 1.78 bits per heavy atom. The molecule has 2 aliphatic heterocycles. The van der Waals surface area contributed by atoms with Crippen molar-refractivity contribution in [3.05, 3.63) is 46.1 Å². The van der Waals surface area contributed by atoms with Gasteiger partial charge in [-0.1, -0.05) is 12.1 Å². The van der Waals surface area contributed by atoms with Crippen LogP contribution in [0.4, 0.5) is 14.5 Å². The molecule has 0 spiro atoms. The second kappa shape index (κ2) is 13.6. The molecule has 1 unspecified atom stereocenters. The summed E-state index contributed by atoms with van der Waals surface area (Å²) in [5, 5.41) is 6.44. The maximum Gasteiger partial charge on any atom is 0.329 e. The smallest absolute Gasteiger partial charge is 0.329 e. The molecule has 13 heteroatoms. The number of anilines is 1. The molecule has 1 aliphatic carbocycles. The first kappa shape index (κ1) is 32.4. The fourth-order valence-electron chi connectivity index (χ4n) is 7.85. The molecule has 4 heterocycles. The number of nitrogens with one attached hydrogen (secondary N) is 1. The Morgan fingerprint density at radius 3 is 2.46 bits per heavy atom. The standard InChI is InChI=1S/C33H46F2N8O3/c1-39(18-22-6-8-24(9-7-22)42-20-25(36)29(38-42)31(34)35)15-12-21-13-16-41(17-14-21)19-23-4-3-5-26-30(23)40(2)33(46)43(26)27-10-11-28(44)37-32(27)45/h3-5,20-22,24,27,31H,6-19,36H2,1-2H3,(H,37,44,45)/t22-,24-,27?. The van der Waals surface area contributed by atoms with Crippen molar-refractivity contribution in [2.75, 3.05) is 39.0 Å². The molecule has 2 saturated heterocycles. The predicted molar refractivity (Wildman–Crippen MR) is 171 cm³/mol. The molecule has 3 fully saturated rings.